The number of nitro groups is 1. The molecule has 168 valence electrons. The van der Waals surface area contributed by atoms with Gasteiger partial charge >= 0.3 is 11.9 Å². The average Bonchev–Trinajstić information content (AvgIpc) is 3.06. The molecule has 2 aromatic rings. The van der Waals surface area contributed by atoms with Crippen molar-refractivity contribution in [3.63, 3.8) is 0 Å². The van der Waals surface area contributed by atoms with Crippen molar-refractivity contribution in [3.05, 3.63) is 99.9 Å². The minimum Gasteiger partial charge on any atom is -0.465 e. The molecule has 0 saturated heterocycles. The summed E-state index contributed by atoms with van der Waals surface area (Å²) in [5.74, 6) is -2.34. The first-order chi connectivity index (χ1) is 15.9. The summed E-state index contributed by atoms with van der Waals surface area (Å²) in [5.41, 5.74) is -0.210. The molecule has 1 aliphatic rings. The molecule has 0 radical (unpaired) electrons. The van der Waals surface area contributed by atoms with E-state index >= 15 is 0 Å². The van der Waals surface area contributed by atoms with Gasteiger partial charge in [0.05, 0.1) is 36.0 Å². The number of para-hydroxylation sites is 1. The van der Waals surface area contributed by atoms with Gasteiger partial charge < -0.3 is 19.7 Å². The zero-order chi connectivity index (χ0) is 24.0. The third kappa shape index (κ3) is 4.96. The Morgan fingerprint density at radius 2 is 1.67 bits per heavy atom. The Kier molecular flexibility index (Phi) is 6.99. The molecule has 1 heterocycles. The van der Waals surface area contributed by atoms with Crippen molar-refractivity contribution in [3.8, 4) is 0 Å². The second-order valence-corrected chi connectivity index (χ2v) is 6.59. The molecular formula is C23H19N3O7. The molecule has 3 rings (SSSR count). The van der Waals surface area contributed by atoms with E-state index in [0.29, 0.717) is 5.69 Å². The van der Waals surface area contributed by atoms with Gasteiger partial charge in [-0.25, -0.2) is 9.59 Å². The van der Waals surface area contributed by atoms with Crippen LogP contribution >= 0.6 is 0 Å². The molecule has 10 heteroatoms. The van der Waals surface area contributed by atoms with E-state index in [-0.39, 0.29) is 28.2 Å². The first-order valence-corrected chi connectivity index (χ1v) is 9.57. The average molecular weight is 449 g/mol. The summed E-state index contributed by atoms with van der Waals surface area (Å²) >= 11 is 0. The molecule has 0 fully saturated rings. The van der Waals surface area contributed by atoms with Crippen LogP contribution in [0.15, 0.2) is 84.2 Å². The van der Waals surface area contributed by atoms with Crippen molar-refractivity contribution in [2.75, 3.05) is 24.4 Å². The maximum atomic E-state index is 13.1. The number of anilines is 2. The highest BCUT2D eigenvalue weighted by molar-refractivity contribution is 6.11. The molecule has 0 saturated carbocycles. The van der Waals surface area contributed by atoms with E-state index in [0.717, 1.165) is 20.3 Å². The van der Waals surface area contributed by atoms with Gasteiger partial charge in [0.1, 0.15) is 5.70 Å². The van der Waals surface area contributed by atoms with Crippen LogP contribution < -0.4 is 10.2 Å². The molecule has 0 atom stereocenters. The zero-order valence-electron chi connectivity index (χ0n) is 17.7. The predicted molar refractivity (Wildman–Crippen MR) is 119 cm³/mol. The number of allylic oxidation sites excluding steroid dienone is 2. The van der Waals surface area contributed by atoms with Crippen molar-refractivity contribution in [2.45, 2.75) is 0 Å². The summed E-state index contributed by atoms with van der Waals surface area (Å²) in [7, 11) is 2.30. The monoisotopic (exact) mass is 449 g/mol. The Morgan fingerprint density at radius 1 is 0.970 bits per heavy atom. The number of carbonyl (C=O) groups is 3. The summed E-state index contributed by atoms with van der Waals surface area (Å²) in [4.78, 5) is 50.2. The fourth-order valence-electron chi connectivity index (χ4n) is 3.10. The standard InChI is InChI=1S/C23H19N3O7/c1-32-22(28)17-10-6-7-13-25(20(17)23(29)33-2)19-12-11-16(26(30)31)14-18(19)21(27)24-15-8-4-3-5-9-15/h3-14H,1-2H3,(H,24,27). The van der Waals surface area contributed by atoms with Crippen LogP contribution in [0.4, 0.5) is 17.1 Å². The van der Waals surface area contributed by atoms with E-state index in [9.17, 15) is 24.5 Å². The largest absolute Gasteiger partial charge is 0.465 e. The number of esters is 2. The molecule has 1 N–H and O–H groups in total. The third-order valence-electron chi connectivity index (χ3n) is 4.62. The Hall–Kier alpha value is -4.73. The molecule has 10 nitrogen and oxygen atoms in total. The fourth-order valence-corrected chi connectivity index (χ4v) is 3.10. The van der Waals surface area contributed by atoms with Crippen molar-refractivity contribution < 1.29 is 28.8 Å². The normalized spacial score (nSPS) is 12.7. The van der Waals surface area contributed by atoms with Crippen LogP contribution in [-0.4, -0.2) is 37.0 Å². The number of nitro benzene ring substituents is 1. The van der Waals surface area contributed by atoms with Crippen LogP contribution in [-0.2, 0) is 19.1 Å². The van der Waals surface area contributed by atoms with Crippen LogP contribution in [0.3, 0.4) is 0 Å². The summed E-state index contributed by atoms with van der Waals surface area (Å²) in [6.45, 7) is 0. The van der Waals surface area contributed by atoms with Gasteiger partial charge in [-0.3, -0.25) is 14.9 Å². The van der Waals surface area contributed by atoms with Crippen LogP contribution in [0.1, 0.15) is 10.4 Å². The Labute approximate surface area is 188 Å². The van der Waals surface area contributed by atoms with E-state index in [1.54, 1.807) is 30.3 Å². The van der Waals surface area contributed by atoms with Crippen molar-refractivity contribution in [2.24, 2.45) is 0 Å². The molecule has 2 aromatic carbocycles. The summed E-state index contributed by atoms with van der Waals surface area (Å²) in [6.07, 6.45) is 5.83. The molecule has 0 unspecified atom stereocenters. The lowest BCUT2D eigenvalue weighted by molar-refractivity contribution is -0.384. The third-order valence-corrected chi connectivity index (χ3v) is 4.62. The number of amides is 1. The highest BCUT2D eigenvalue weighted by Crippen LogP contribution is 2.32. The van der Waals surface area contributed by atoms with Crippen LogP contribution in [0, 0.1) is 10.1 Å². The van der Waals surface area contributed by atoms with Gasteiger partial charge in [-0.15, -0.1) is 0 Å². The predicted octanol–water partition coefficient (Wildman–Crippen LogP) is 3.34. The summed E-state index contributed by atoms with van der Waals surface area (Å²) < 4.78 is 9.64. The second-order valence-electron chi connectivity index (χ2n) is 6.59. The maximum Gasteiger partial charge on any atom is 0.355 e. The summed E-state index contributed by atoms with van der Waals surface area (Å²) in [5, 5.41) is 14.0. The smallest absolute Gasteiger partial charge is 0.355 e. The van der Waals surface area contributed by atoms with Crippen molar-refractivity contribution >= 4 is 34.9 Å². The van der Waals surface area contributed by atoms with Gasteiger partial charge in [-0.1, -0.05) is 24.3 Å². The highest BCUT2D eigenvalue weighted by atomic mass is 16.6. The number of benzene rings is 2. The Balaban J connectivity index is 2.20. The number of non-ortho nitro benzene ring substituents is 1. The van der Waals surface area contributed by atoms with E-state index in [1.807, 2.05) is 0 Å². The molecule has 0 aliphatic carbocycles. The van der Waals surface area contributed by atoms with Crippen LogP contribution in [0.5, 0.6) is 0 Å². The maximum absolute atomic E-state index is 13.1. The van der Waals surface area contributed by atoms with E-state index < -0.39 is 22.8 Å². The number of rotatable bonds is 6. The lowest BCUT2D eigenvalue weighted by atomic mass is 10.1. The van der Waals surface area contributed by atoms with Crippen molar-refractivity contribution in [1.29, 1.82) is 0 Å². The van der Waals surface area contributed by atoms with Crippen LogP contribution in [0.25, 0.3) is 0 Å². The lowest BCUT2D eigenvalue weighted by Gasteiger charge is -2.25. The van der Waals surface area contributed by atoms with Gasteiger partial charge in [0.25, 0.3) is 11.6 Å². The Morgan fingerprint density at radius 3 is 2.30 bits per heavy atom. The first-order valence-electron chi connectivity index (χ1n) is 9.57. The minimum atomic E-state index is -0.876. The van der Waals surface area contributed by atoms with E-state index in [4.69, 9.17) is 9.47 Å². The van der Waals surface area contributed by atoms with Gasteiger partial charge in [0.15, 0.2) is 0 Å². The topological polar surface area (TPSA) is 128 Å². The molecular weight excluding hydrogens is 430 g/mol. The molecule has 0 spiro atoms. The molecule has 0 bridgehead atoms. The number of nitrogens with zero attached hydrogens (tertiary/aromatic N) is 2. The van der Waals surface area contributed by atoms with Gasteiger partial charge in [-0.2, -0.15) is 0 Å². The quantitative estimate of drug-likeness (QED) is 0.404. The second kappa shape index (κ2) is 10.1. The first kappa shape index (κ1) is 22.9. The zero-order valence-corrected chi connectivity index (χ0v) is 17.7. The molecule has 0 aromatic heterocycles. The minimum absolute atomic E-state index is 0.106. The van der Waals surface area contributed by atoms with Crippen LogP contribution in [0.2, 0.25) is 0 Å². The van der Waals surface area contributed by atoms with Gasteiger partial charge in [0, 0.05) is 24.0 Å². The number of carbonyl (C=O) groups excluding carboxylic acids is 3. The highest BCUT2D eigenvalue weighted by Gasteiger charge is 2.30. The number of methoxy groups -OCH3 is 2. The Bertz CT molecular complexity index is 1200. The van der Waals surface area contributed by atoms with E-state index in [1.165, 1.54) is 41.5 Å². The number of nitrogens with one attached hydrogen (secondary N) is 1. The van der Waals surface area contributed by atoms with Crippen molar-refractivity contribution in [1.82, 2.24) is 0 Å². The van der Waals surface area contributed by atoms with Gasteiger partial charge in [0.2, 0.25) is 0 Å². The lowest BCUT2D eigenvalue weighted by Crippen LogP contribution is -2.28. The SMILES string of the molecule is COC(=O)C1=C(C(=O)OC)N(c2ccc([N+](=O)[O-])cc2C(=O)Nc2ccccc2)C=CC=C1. The number of ether oxygens (including phenoxy) is 2. The molecule has 33 heavy (non-hydrogen) atoms. The fraction of sp³-hybridized carbons (Fsp3) is 0.0870. The summed E-state index contributed by atoms with van der Waals surface area (Å²) in [6, 6.07) is 12.1. The van der Waals surface area contributed by atoms with Gasteiger partial charge in [-0.05, 0) is 30.4 Å². The van der Waals surface area contributed by atoms with E-state index in [2.05, 4.69) is 5.32 Å². The molecule has 1 amide bonds. The number of hydrogen-bond acceptors (Lipinski definition) is 8. The number of hydrogen-bond donors (Lipinski definition) is 1. The molecule has 1 aliphatic heterocycles.